The number of aliphatic imine (C=N–C) groups is 2. The van der Waals surface area contributed by atoms with Crippen LogP contribution in [0.3, 0.4) is 0 Å². The van der Waals surface area contributed by atoms with E-state index >= 15 is 0 Å². The third kappa shape index (κ3) is 1.71. The minimum Gasteiger partial charge on any atom is -0.271 e. The highest BCUT2D eigenvalue weighted by atomic mass is 32.2. The maximum absolute atomic E-state index is 12.2. The SMILES string of the molecule is O=C1N=C(c2ccccn2)N=C2c3ccccc3SC12. The van der Waals surface area contributed by atoms with E-state index in [1.807, 2.05) is 42.5 Å². The Bertz CT molecular complexity index is 768. The van der Waals surface area contributed by atoms with Crippen molar-refractivity contribution in [2.24, 2.45) is 9.98 Å². The van der Waals surface area contributed by atoms with E-state index in [0.29, 0.717) is 11.5 Å². The summed E-state index contributed by atoms with van der Waals surface area (Å²) < 4.78 is 0. The summed E-state index contributed by atoms with van der Waals surface area (Å²) in [6, 6.07) is 13.4. The predicted octanol–water partition coefficient (Wildman–Crippen LogP) is 2.33. The second-order valence-electron chi connectivity index (χ2n) is 4.48. The first-order chi connectivity index (χ1) is 9.83. The standard InChI is InChI=1S/C15H9N3OS/c19-15-13-12(9-5-1-2-7-11(9)20-13)17-14(18-15)10-6-3-4-8-16-10/h1-8,13H. The molecule has 0 radical (unpaired) electrons. The largest absolute Gasteiger partial charge is 0.271 e. The summed E-state index contributed by atoms with van der Waals surface area (Å²) in [6.07, 6.45) is 1.67. The number of nitrogens with zero attached hydrogens (tertiary/aromatic N) is 3. The number of hydrogen-bond acceptors (Lipinski definition) is 4. The second kappa shape index (κ2) is 4.38. The molecule has 0 aliphatic carbocycles. The number of amidine groups is 1. The van der Waals surface area contributed by atoms with E-state index < -0.39 is 0 Å². The molecular formula is C15H9N3OS. The Kier molecular flexibility index (Phi) is 2.53. The first-order valence-corrected chi connectivity index (χ1v) is 7.09. The molecule has 1 aromatic carbocycles. The van der Waals surface area contributed by atoms with E-state index in [1.165, 1.54) is 11.8 Å². The van der Waals surface area contributed by atoms with E-state index in [2.05, 4.69) is 15.0 Å². The smallest absolute Gasteiger partial charge is 0.267 e. The lowest BCUT2D eigenvalue weighted by Gasteiger charge is -2.13. The number of thioether (sulfide) groups is 1. The Morgan fingerprint density at radius 2 is 1.85 bits per heavy atom. The molecule has 0 saturated carbocycles. The van der Waals surface area contributed by atoms with E-state index in [-0.39, 0.29) is 11.2 Å². The van der Waals surface area contributed by atoms with Gasteiger partial charge in [-0.15, -0.1) is 11.8 Å². The summed E-state index contributed by atoms with van der Waals surface area (Å²) in [6.45, 7) is 0. The number of aromatic nitrogens is 1. The van der Waals surface area contributed by atoms with Crippen molar-refractivity contribution in [3.05, 3.63) is 59.9 Å². The van der Waals surface area contributed by atoms with Crippen LogP contribution in [0.4, 0.5) is 0 Å². The highest BCUT2D eigenvalue weighted by Gasteiger charge is 2.37. The number of hydrogen-bond donors (Lipinski definition) is 0. The van der Waals surface area contributed by atoms with Crippen LogP contribution < -0.4 is 0 Å². The van der Waals surface area contributed by atoms with Gasteiger partial charge in [-0.3, -0.25) is 9.78 Å². The molecule has 4 nitrogen and oxygen atoms in total. The molecule has 1 atom stereocenters. The Balaban J connectivity index is 1.85. The number of rotatable bonds is 1. The Morgan fingerprint density at radius 1 is 1.00 bits per heavy atom. The van der Waals surface area contributed by atoms with Gasteiger partial charge in [-0.05, 0) is 18.2 Å². The zero-order chi connectivity index (χ0) is 13.5. The van der Waals surface area contributed by atoms with Gasteiger partial charge in [0.05, 0.1) is 5.71 Å². The van der Waals surface area contributed by atoms with Gasteiger partial charge in [-0.25, -0.2) is 4.99 Å². The number of carbonyl (C=O) groups is 1. The fourth-order valence-corrected chi connectivity index (χ4v) is 3.46. The normalized spacial score (nSPS) is 20.0. The molecule has 20 heavy (non-hydrogen) atoms. The van der Waals surface area contributed by atoms with Crippen LogP contribution in [0.2, 0.25) is 0 Å². The first kappa shape index (κ1) is 11.5. The average molecular weight is 279 g/mol. The zero-order valence-corrected chi connectivity index (χ0v) is 11.2. The Hall–Kier alpha value is -2.27. The Morgan fingerprint density at radius 3 is 2.70 bits per heavy atom. The molecular weight excluding hydrogens is 270 g/mol. The average Bonchev–Trinajstić information content (AvgIpc) is 2.88. The molecule has 0 spiro atoms. The van der Waals surface area contributed by atoms with Crippen LogP contribution in [-0.4, -0.2) is 27.7 Å². The zero-order valence-electron chi connectivity index (χ0n) is 10.4. The van der Waals surface area contributed by atoms with Crippen LogP contribution in [0, 0.1) is 0 Å². The lowest BCUT2D eigenvalue weighted by Crippen LogP contribution is -2.29. The van der Waals surface area contributed by atoms with E-state index in [9.17, 15) is 4.79 Å². The van der Waals surface area contributed by atoms with Gasteiger partial charge in [0.15, 0.2) is 5.84 Å². The molecule has 0 bridgehead atoms. The lowest BCUT2D eigenvalue weighted by molar-refractivity contribution is -0.116. The van der Waals surface area contributed by atoms with Crippen molar-refractivity contribution in [1.29, 1.82) is 0 Å². The van der Waals surface area contributed by atoms with Crippen molar-refractivity contribution in [2.75, 3.05) is 0 Å². The molecule has 3 heterocycles. The number of pyridine rings is 1. The monoisotopic (exact) mass is 279 g/mol. The third-order valence-electron chi connectivity index (χ3n) is 3.22. The molecule has 96 valence electrons. The minimum absolute atomic E-state index is 0.156. The van der Waals surface area contributed by atoms with E-state index in [0.717, 1.165) is 16.2 Å². The summed E-state index contributed by atoms with van der Waals surface area (Å²) in [4.78, 5) is 26.2. The second-order valence-corrected chi connectivity index (χ2v) is 5.63. The summed E-state index contributed by atoms with van der Waals surface area (Å²) in [5.74, 6) is 0.246. The molecule has 5 heteroatoms. The first-order valence-electron chi connectivity index (χ1n) is 6.21. The highest BCUT2D eigenvalue weighted by molar-refractivity contribution is 8.02. The molecule has 0 saturated heterocycles. The minimum atomic E-state index is -0.306. The van der Waals surface area contributed by atoms with Crippen LogP contribution in [-0.2, 0) is 4.79 Å². The molecule has 0 N–H and O–H groups in total. The van der Waals surface area contributed by atoms with Gasteiger partial charge < -0.3 is 0 Å². The van der Waals surface area contributed by atoms with Gasteiger partial charge in [-0.2, -0.15) is 4.99 Å². The van der Waals surface area contributed by atoms with Gasteiger partial charge in [0.1, 0.15) is 10.9 Å². The van der Waals surface area contributed by atoms with E-state index in [4.69, 9.17) is 0 Å². The molecule has 1 unspecified atom stereocenters. The molecule has 2 aliphatic heterocycles. The highest BCUT2D eigenvalue weighted by Crippen LogP contribution is 2.39. The topological polar surface area (TPSA) is 54.7 Å². The van der Waals surface area contributed by atoms with Gasteiger partial charge in [0, 0.05) is 16.7 Å². The molecule has 2 aromatic rings. The van der Waals surface area contributed by atoms with E-state index in [1.54, 1.807) is 6.20 Å². The summed E-state index contributed by atoms with van der Waals surface area (Å²) in [5, 5.41) is -0.306. The number of amides is 1. The summed E-state index contributed by atoms with van der Waals surface area (Å²) >= 11 is 1.52. The van der Waals surface area contributed by atoms with Crippen molar-refractivity contribution in [1.82, 2.24) is 4.98 Å². The van der Waals surface area contributed by atoms with Crippen molar-refractivity contribution < 1.29 is 4.79 Å². The van der Waals surface area contributed by atoms with Crippen molar-refractivity contribution >= 4 is 29.2 Å². The maximum atomic E-state index is 12.2. The van der Waals surface area contributed by atoms with Gasteiger partial charge in [0.25, 0.3) is 5.91 Å². The van der Waals surface area contributed by atoms with Gasteiger partial charge in [0.2, 0.25) is 0 Å². The van der Waals surface area contributed by atoms with Crippen molar-refractivity contribution in [3.8, 4) is 0 Å². The number of carbonyl (C=O) groups excluding carboxylic acids is 1. The summed E-state index contributed by atoms with van der Waals surface area (Å²) in [5.41, 5.74) is 2.45. The van der Waals surface area contributed by atoms with Crippen LogP contribution in [0.5, 0.6) is 0 Å². The molecule has 1 amide bonds. The molecule has 2 aliphatic rings. The van der Waals surface area contributed by atoms with Crippen LogP contribution in [0.1, 0.15) is 11.3 Å². The molecule has 1 aromatic heterocycles. The molecule has 0 fully saturated rings. The Labute approximate surface area is 119 Å². The van der Waals surface area contributed by atoms with Crippen LogP contribution in [0.15, 0.2) is 63.5 Å². The van der Waals surface area contributed by atoms with Crippen LogP contribution >= 0.6 is 11.8 Å². The molecule has 4 rings (SSSR count). The third-order valence-corrected chi connectivity index (χ3v) is 4.49. The maximum Gasteiger partial charge on any atom is 0.267 e. The van der Waals surface area contributed by atoms with Crippen molar-refractivity contribution in [3.63, 3.8) is 0 Å². The summed E-state index contributed by atoms with van der Waals surface area (Å²) in [7, 11) is 0. The number of benzene rings is 1. The predicted molar refractivity (Wildman–Crippen MR) is 78.4 cm³/mol. The fourth-order valence-electron chi connectivity index (χ4n) is 2.30. The van der Waals surface area contributed by atoms with Crippen molar-refractivity contribution in [2.45, 2.75) is 10.1 Å². The van der Waals surface area contributed by atoms with Gasteiger partial charge >= 0.3 is 0 Å². The van der Waals surface area contributed by atoms with Crippen LogP contribution in [0.25, 0.3) is 0 Å². The lowest BCUT2D eigenvalue weighted by atomic mass is 10.1. The number of fused-ring (bicyclic) bond motifs is 3. The fraction of sp³-hybridized carbons (Fsp3) is 0.0667. The quantitative estimate of drug-likeness (QED) is 0.805. The van der Waals surface area contributed by atoms with Gasteiger partial charge in [-0.1, -0.05) is 24.3 Å².